The van der Waals surface area contributed by atoms with E-state index >= 15 is 0 Å². The Morgan fingerprint density at radius 3 is 2.11 bits per heavy atom. The Kier molecular flexibility index (Phi) is 8.66. The molecule has 2 aromatic carbocycles. The van der Waals surface area contributed by atoms with Crippen molar-refractivity contribution < 1.29 is 9.59 Å². The number of rotatable bonds is 6. The van der Waals surface area contributed by atoms with Gasteiger partial charge in [0.25, 0.3) is 5.91 Å². The molecule has 2 saturated heterocycles. The third-order valence-corrected chi connectivity index (χ3v) is 9.52. The number of amides is 2. The Balaban J connectivity index is 1.24. The van der Waals surface area contributed by atoms with Crippen LogP contribution in [0.15, 0.2) is 36.4 Å². The van der Waals surface area contributed by atoms with E-state index in [1.807, 2.05) is 46.2 Å². The third kappa shape index (κ3) is 5.90. The van der Waals surface area contributed by atoms with Gasteiger partial charge in [-0.3, -0.25) is 14.5 Å². The van der Waals surface area contributed by atoms with Crippen molar-refractivity contribution >= 4 is 35.0 Å². The molecular formula is C31H39Cl2N3O2. The summed E-state index contributed by atoms with van der Waals surface area (Å²) in [7, 11) is 0. The molecule has 1 atom stereocenters. The second-order valence-corrected chi connectivity index (χ2v) is 12.3. The number of benzene rings is 2. The average Bonchev–Trinajstić information content (AvgIpc) is 3.30. The molecule has 1 saturated carbocycles. The van der Waals surface area contributed by atoms with Crippen LogP contribution in [0, 0.1) is 11.8 Å². The molecule has 2 aliphatic heterocycles. The van der Waals surface area contributed by atoms with Crippen LogP contribution < -0.4 is 0 Å². The van der Waals surface area contributed by atoms with Gasteiger partial charge in [-0.1, -0.05) is 54.6 Å². The van der Waals surface area contributed by atoms with Gasteiger partial charge < -0.3 is 9.80 Å². The highest BCUT2D eigenvalue weighted by atomic mass is 35.5. The minimum Gasteiger partial charge on any atom is -0.338 e. The summed E-state index contributed by atoms with van der Waals surface area (Å²) in [6.07, 6.45) is 7.10. The number of likely N-dealkylation sites (tertiary alicyclic amines) is 1. The second-order valence-electron chi connectivity index (χ2n) is 11.5. The van der Waals surface area contributed by atoms with Crippen LogP contribution in [0.4, 0.5) is 0 Å². The first-order chi connectivity index (χ1) is 18.3. The molecule has 5 nitrogen and oxygen atoms in total. The summed E-state index contributed by atoms with van der Waals surface area (Å²) in [6, 6.07) is 12.0. The zero-order valence-corrected chi connectivity index (χ0v) is 24.1. The maximum absolute atomic E-state index is 13.2. The highest BCUT2D eigenvalue weighted by Crippen LogP contribution is 2.38. The predicted molar refractivity (Wildman–Crippen MR) is 155 cm³/mol. The molecule has 0 aromatic heterocycles. The Hall–Kier alpha value is -2.08. The van der Waals surface area contributed by atoms with E-state index in [0.29, 0.717) is 34.1 Å². The number of carbonyl (C=O) groups excluding carboxylic acids is 2. The summed E-state index contributed by atoms with van der Waals surface area (Å²) in [5.41, 5.74) is 3.36. The summed E-state index contributed by atoms with van der Waals surface area (Å²) in [5.74, 6) is 1.04. The summed E-state index contributed by atoms with van der Waals surface area (Å²) >= 11 is 13.5. The van der Waals surface area contributed by atoms with E-state index in [1.165, 1.54) is 32.1 Å². The van der Waals surface area contributed by atoms with Crippen LogP contribution in [-0.2, 0) is 11.3 Å². The summed E-state index contributed by atoms with van der Waals surface area (Å²) < 4.78 is 0. The van der Waals surface area contributed by atoms with Gasteiger partial charge in [-0.2, -0.15) is 0 Å². The highest BCUT2D eigenvalue weighted by molar-refractivity contribution is 6.36. The van der Waals surface area contributed by atoms with E-state index in [-0.39, 0.29) is 17.7 Å². The number of piperazine rings is 1. The SMILES string of the molecule is CC(C)N1CCN(C(=O)c2ccc(-c3cc(Cl)c(CN4CCC(C5CCCCC5)C4=O)c(Cl)c3)cc2)CC1. The molecule has 0 bridgehead atoms. The molecule has 2 aromatic rings. The van der Waals surface area contributed by atoms with Crippen LogP contribution in [0.25, 0.3) is 11.1 Å². The van der Waals surface area contributed by atoms with Crippen LogP contribution in [-0.4, -0.2) is 65.3 Å². The average molecular weight is 557 g/mol. The van der Waals surface area contributed by atoms with Gasteiger partial charge in [-0.25, -0.2) is 0 Å². The zero-order valence-electron chi connectivity index (χ0n) is 22.6. The van der Waals surface area contributed by atoms with E-state index in [0.717, 1.165) is 55.8 Å². The Morgan fingerprint density at radius 1 is 0.868 bits per heavy atom. The first-order valence-corrected chi connectivity index (χ1v) is 15.0. The molecule has 0 radical (unpaired) electrons. The maximum atomic E-state index is 13.2. The quantitative estimate of drug-likeness (QED) is 0.395. The first kappa shape index (κ1) is 27.5. The van der Waals surface area contributed by atoms with Crippen molar-refractivity contribution in [1.82, 2.24) is 14.7 Å². The van der Waals surface area contributed by atoms with Gasteiger partial charge in [0.05, 0.1) is 0 Å². The van der Waals surface area contributed by atoms with Crippen molar-refractivity contribution in [2.45, 2.75) is 65.0 Å². The number of hydrogen-bond acceptors (Lipinski definition) is 3. The third-order valence-electron chi connectivity index (χ3n) is 8.84. The van der Waals surface area contributed by atoms with Crippen molar-refractivity contribution in [2.24, 2.45) is 11.8 Å². The molecular weight excluding hydrogens is 517 g/mol. The van der Waals surface area contributed by atoms with E-state index < -0.39 is 0 Å². The van der Waals surface area contributed by atoms with Crippen LogP contribution in [0.1, 0.15) is 68.3 Å². The minimum absolute atomic E-state index is 0.0770. The normalized spacial score (nSPS) is 21.5. The van der Waals surface area contributed by atoms with E-state index in [4.69, 9.17) is 23.2 Å². The molecule has 204 valence electrons. The molecule has 38 heavy (non-hydrogen) atoms. The predicted octanol–water partition coefficient (Wildman–Crippen LogP) is 6.76. The molecule has 3 fully saturated rings. The number of nitrogens with zero attached hydrogens (tertiary/aromatic N) is 3. The monoisotopic (exact) mass is 555 g/mol. The van der Waals surface area contributed by atoms with E-state index in [9.17, 15) is 9.59 Å². The first-order valence-electron chi connectivity index (χ1n) is 14.2. The molecule has 0 N–H and O–H groups in total. The standard InChI is InChI=1S/C31H39Cl2N3O2/c1-21(2)34-14-16-35(17-15-34)30(37)24-10-8-22(9-11-24)25-18-28(32)27(29(33)19-25)20-36-13-12-26(31(36)38)23-6-4-3-5-7-23/h8-11,18-19,21,23,26H,3-7,12-17,20H2,1-2H3. The lowest BCUT2D eigenvalue weighted by atomic mass is 9.79. The number of carbonyl (C=O) groups is 2. The Morgan fingerprint density at radius 2 is 1.50 bits per heavy atom. The van der Waals surface area contributed by atoms with Crippen molar-refractivity contribution in [3.63, 3.8) is 0 Å². The van der Waals surface area contributed by atoms with Crippen molar-refractivity contribution in [3.05, 3.63) is 57.6 Å². The lowest BCUT2D eigenvalue weighted by Crippen LogP contribution is -2.50. The lowest BCUT2D eigenvalue weighted by Gasteiger charge is -2.37. The molecule has 5 rings (SSSR count). The van der Waals surface area contributed by atoms with Crippen LogP contribution >= 0.6 is 23.2 Å². The van der Waals surface area contributed by atoms with Gasteiger partial charge in [0.1, 0.15) is 0 Å². The van der Waals surface area contributed by atoms with E-state index in [1.54, 1.807) is 0 Å². The van der Waals surface area contributed by atoms with Crippen molar-refractivity contribution in [3.8, 4) is 11.1 Å². The summed E-state index contributed by atoms with van der Waals surface area (Å²) in [4.78, 5) is 32.5. The topological polar surface area (TPSA) is 43.9 Å². The second kappa shape index (κ2) is 12.0. The smallest absolute Gasteiger partial charge is 0.253 e. The maximum Gasteiger partial charge on any atom is 0.253 e. The molecule has 1 aliphatic carbocycles. The number of hydrogen-bond donors (Lipinski definition) is 0. The van der Waals surface area contributed by atoms with Crippen molar-refractivity contribution in [2.75, 3.05) is 32.7 Å². The van der Waals surface area contributed by atoms with E-state index in [2.05, 4.69) is 18.7 Å². The van der Waals surface area contributed by atoms with Gasteiger partial charge in [-0.05, 0) is 74.4 Å². The Labute approximate surface area is 237 Å². The largest absolute Gasteiger partial charge is 0.338 e. The molecule has 2 amide bonds. The van der Waals surface area contributed by atoms with Crippen molar-refractivity contribution in [1.29, 1.82) is 0 Å². The molecule has 7 heteroatoms. The molecule has 2 heterocycles. The summed E-state index contributed by atoms with van der Waals surface area (Å²) in [6.45, 7) is 8.96. The minimum atomic E-state index is 0.0770. The molecule has 0 spiro atoms. The fourth-order valence-electron chi connectivity index (χ4n) is 6.43. The molecule has 1 unspecified atom stereocenters. The Bertz CT molecular complexity index is 1130. The van der Waals surface area contributed by atoms with Gasteiger partial charge in [0.15, 0.2) is 0 Å². The van der Waals surface area contributed by atoms with Gasteiger partial charge in [-0.15, -0.1) is 0 Å². The van der Waals surface area contributed by atoms with Crippen LogP contribution in [0.5, 0.6) is 0 Å². The van der Waals surface area contributed by atoms with Gasteiger partial charge in [0, 0.05) is 72.4 Å². The fraction of sp³-hybridized carbons (Fsp3) is 0.548. The van der Waals surface area contributed by atoms with Crippen LogP contribution in [0.3, 0.4) is 0 Å². The lowest BCUT2D eigenvalue weighted by molar-refractivity contribution is -0.133. The molecule has 3 aliphatic rings. The summed E-state index contributed by atoms with van der Waals surface area (Å²) in [5, 5.41) is 1.15. The van der Waals surface area contributed by atoms with Gasteiger partial charge in [0.2, 0.25) is 5.91 Å². The highest BCUT2D eigenvalue weighted by Gasteiger charge is 2.37. The van der Waals surface area contributed by atoms with Gasteiger partial charge >= 0.3 is 0 Å². The fourth-order valence-corrected chi connectivity index (χ4v) is 7.04. The van der Waals surface area contributed by atoms with Crippen LogP contribution in [0.2, 0.25) is 10.0 Å². The number of halogens is 2. The zero-order chi connectivity index (χ0) is 26.8.